The van der Waals surface area contributed by atoms with Gasteiger partial charge in [-0.05, 0) is 19.1 Å². The average molecular weight is 237 g/mol. The van der Waals surface area contributed by atoms with Crippen molar-refractivity contribution in [3.63, 3.8) is 0 Å². The monoisotopic (exact) mass is 237 g/mol. The molecule has 4 nitrogen and oxygen atoms in total. The minimum atomic E-state index is -0.922. The summed E-state index contributed by atoms with van der Waals surface area (Å²) in [5.74, 6) is -0.351. The molecular weight excluding hydrogens is 226 g/mol. The quantitative estimate of drug-likeness (QED) is 0.820. The Morgan fingerprint density at radius 3 is 2.94 bits per heavy atom. The first kappa shape index (κ1) is 11.0. The van der Waals surface area contributed by atoms with E-state index in [1.807, 2.05) is 13.0 Å². The number of aliphatic imine (C=N–C) groups is 1. The van der Waals surface area contributed by atoms with Crippen molar-refractivity contribution in [3.05, 3.63) is 29.3 Å². The number of thioether (sulfide) groups is 1. The second-order valence-corrected chi connectivity index (χ2v) is 4.63. The van der Waals surface area contributed by atoms with Crippen LogP contribution in [0.4, 0.5) is 0 Å². The molecule has 2 N–H and O–H groups in total. The van der Waals surface area contributed by atoms with Crippen LogP contribution in [0.1, 0.15) is 11.1 Å². The Balaban J connectivity index is 2.35. The van der Waals surface area contributed by atoms with E-state index >= 15 is 0 Å². The Labute approximate surface area is 97.0 Å². The Kier molecular flexibility index (Phi) is 2.87. The van der Waals surface area contributed by atoms with Crippen LogP contribution in [0.5, 0.6) is 5.75 Å². The van der Waals surface area contributed by atoms with Crippen LogP contribution in [0, 0.1) is 6.92 Å². The van der Waals surface area contributed by atoms with Gasteiger partial charge in [0.1, 0.15) is 10.8 Å². The number of aliphatic carboxylic acids is 1. The van der Waals surface area contributed by atoms with E-state index in [0.717, 1.165) is 5.56 Å². The summed E-state index contributed by atoms with van der Waals surface area (Å²) in [5, 5.41) is 19.1. The highest BCUT2D eigenvalue weighted by atomic mass is 32.2. The molecule has 1 aromatic carbocycles. The predicted octanol–water partition coefficient (Wildman–Crippen LogP) is 1.65. The van der Waals surface area contributed by atoms with Gasteiger partial charge in [-0.2, -0.15) is 0 Å². The zero-order chi connectivity index (χ0) is 11.7. The van der Waals surface area contributed by atoms with E-state index in [4.69, 9.17) is 5.11 Å². The number of aryl methyl sites for hydroxylation is 1. The number of hydrogen-bond donors (Lipinski definition) is 2. The number of phenols is 1. The van der Waals surface area contributed by atoms with E-state index in [9.17, 15) is 9.90 Å². The van der Waals surface area contributed by atoms with Crippen LogP contribution in [0.2, 0.25) is 0 Å². The summed E-state index contributed by atoms with van der Waals surface area (Å²) >= 11 is 1.36. The smallest absolute Gasteiger partial charge is 0.329 e. The number of rotatable bonds is 2. The van der Waals surface area contributed by atoms with Crippen molar-refractivity contribution in [2.45, 2.75) is 13.0 Å². The molecule has 0 aliphatic carbocycles. The van der Waals surface area contributed by atoms with Gasteiger partial charge < -0.3 is 10.2 Å². The molecule has 0 spiro atoms. The van der Waals surface area contributed by atoms with E-state index in [0.29, 0.717) is 16.4 Å². The second-order valence-electron chi connectivity index (χ2n) is 3.62. The zero-order valence-electron chi connectivity index (χ0n) is 8.67. The predicted molar refractivity (Wildman–Crippen MR) is 63.3 cm³/mol. The summed E-state index contributed by atoms with van der Waals surface area (Å²) in [6.07, 6.45) is 0. The van der Waals surface area contributed by atoms with E-state index in [1.165, 1.54) is 11.8 Å². The minimum absolute atomic E-state index is 0.142. The number of hydrogen-bond acceptors (Lipinski definition) is 4. The Bertz CT molecular complexity index is 470. The van der Waals surface area contributed by atoms with Crippen molar-refractivity contribution >= 4 is 22.8 Å². The lowest BCUT2D eigenvalue weighted by atomic mass is 10.1. The highest BCUT2D eigenvalue weighted by molar-refractivity contribution is 8.14. The molecule has 0 fully saturated rings. The van der Waals surface area contributed by atoms with E-state index in [1.54, 1.807) is 12.1 Å². The Morgan fingerprint density at radius 1 is 1.56 bits per heavy atom. The van der Waals surface area contributed by atoms with Crippen molar-refractivity contribution in [2.24, 2.45) is 4.99 Å². The molecule has 2 rings (SSSR count). The van der Waals surface area contributed by atoms with Gasteiger partial charge in [0.2, 0.25) is 0 Å². The number of nitrogens with zero attached hydrogens (tertiary/aromatic N) is 1. The molecule has 0 radical (unpaired) electrons. The minimum Gasteiger partial charge on any atom is -0.507 e. The molecule has 84 valence electrons. The lowest BCUT2D eigenvalue weighted by Gasteiger charge is -2.04. The van der Waals surface area contributed by atoms with E-state index in [-0.39, 0.29) is 5.75 Å². The maximum Gasteiger partial charge on any atom is 0.329 e. The van der Waals surface area contributed by atoms with Crippen LogP contribution in [0.25, 0.3) is 0 Å². The molecular formula is C11H11NO3S. The van der Waals surface area contributed by atoms with E-state index in [2.05, 4.69) is 4.99 Å². The number of phenolic OH excluding ortho intramolecular Hbond substituents is 1. The van der Waals surface area contributed by atoms with Gasteiger partial charge in [-0.15, -0.1) is 11.8 Å². The van der Waals surface area contributed by atoms with Gasteiger partial charge >= 0.3 is 5.97 Å². The van der Waals surface area contributed by atoms with Gasteiger partial charge in [0, 0.05) is 11.3 Å². The Hall–Kier alpha value is -1.49. The molecule has 1 aliphatic heterocycles. The molecule has 1 aromatic rings. The number of carboxylic acid groups (broad SMARTS) is 1. The molecule has 0 amide bonds. The second kappa shape index (κ2) is 4.17. The van der Waals surface area contributed by atoms with Crippen molar-refractivity contribution < 1.29 is 15.0 Å². The molecule has 0 saturated heterocycles. The zero-order valence-corrected chi connectivity index (χ0v) is 9.49. The maximum atomic E-state index is 10.7. The standard InChI is InChI=1S/C11H11NO3S/c1-6-2-3-9(13)7(4-6)10-12-8(5-16-10)11(14)15/h2-4,8,13H,5H2,1H3,(H,14,15). The summed E-state index contributed by atoms with van der Waals surface area (Å²) in [5.41, 5.74) is 1.63. The van der Waals surface area contributed by atoms with Crippen LogP contribution in [-0.2, 0) is 4.79 Å². The van der Waals surface area contributed by atoms with Crippen LogP contribution < -0.4 is 0 Å². The van der Waals surface area contributed by atoms with Gasteiger partial charge in [0.25, 0.3) is 0 Å². The summed E-state index contributed by atoms with van der Waals surface area (Å²) < 4.78 is 0. The first-order valence-corrected chi connectivity index (χ1v) is 5.80. The van der Waals surface area contributed by atoms with Gasteiger partial charge in [0.15, 0.2) is 6.04 Å². The SMILES string of the molecule is Cc1ccc(O)c(C2=NC(C(=O)O)CS2)c1. The van der Waals surface area contributed by atoms with Crippen LogP contribution in [0.3, 0.4) is 0 Å². The van der Waals surface area contributed by atoms with Crippen LogP contribution in [-0.4, -0.2) is 33.0 Å². The lowest BCUT2D eigenvalue weighted by molar-refractivity contribution is -0.137. The average Bonchev–Trinajstić information content (AvgIpc) is 2.70. The fourth-order valence-electron chi connectivity index (χ4n) is 1.47. The third-order valence-corrected chi connectivity index (χ3v) is 3.40. The molecule has 0 bridgehead atoms. The van der Waals surface area contributed by atoms with Crippen molar-refractivity contribution in [1.29, 1.82) is 0 Å². The third kappa shape index (κ3) is 2.04. The molecule has 5 heteroatoms. The molecule has 1 aliphatic rings. The van der Waals surface area contributed by atoms with Crippen molar-refractivity contribution in [1.82, 2.24) is 0 Å². The summed E-state index contributed by atoms with van der Waals surface area (Å²) in [4.78, 5) is 14.8. The first-order valence-electron chi connectivity index (χ1n) is 4.81. The number of aromatic hydroxyl groups is 1. The topological polar surface area (TPSA) is 69.9 Å². The van der Waals surface area contributed by atoms with Crippen molar-refractivity contribution in [2.75, 3.05) is 5.75 Å². The molecule has 16 heavy (non-hydrogen) atoms. The maximum absolute atomic E-state index is 10.7. The molecule has 1 unspecified atom stereocenters. The fourth-order valence-corrected chi connectivity index (χ4v) is 2.52. The highest BCUT2D eigenvalue weighted by Gasteiger charge is 2.26. The lowest BCUT2D eigenvalue weighted by Crippen LogP contribution is -2.17. The van der Waals surface area contributed by atoms with Gasteiger partial charge in [-0.1, -0.05) is 11.6 Å². The Morgan fingerprint density at radius 2 is 2.31 bits per heavy atom. The van der Waals surface area contributed by atoms with Gasteiger partial charge in [-0.3, -0.25) is 4.99 Å². The number of benzene rings is 1. The molecule has 1 atom stereocenters. The fraction of sp³-hybridized carbons (Fsp3) is 0.273. The highest BCUT2D eigenvalue weighted by Crippen LogP contribution is 2.29. The summed E-state index contributed by atoms with van der Waals surface area (Å²) in [7, 11) is 0. The first-order chi connectivity index (χ1) is 7.58. The molecule has 1 heterocycles. The third-order valence-electron chi connectivity index (χ3n) is 2.32. The molecule has 0 aromatic heterocycles. The number of carboxylic acids is 1. The summed E-state index contributed by atoms with van der Waals surface area (Å²) in [6, 6.07) is 4.51. The number of carbonyl (C=O) groups is 1. The van der Waals surface area contributed by atoms with Crippen molar-refractivity contribution in [3.8, 4) is 5.75 Å². The van der Waals surface area contributed by atoms with E-state index < -0.39 is 12.0 Å². The largest absolute Gasteiger partial charge is 0.507 e. The summed E-state index contributed by atoms with van der Waals surface area (Å²) in [6.45, 7) is 1.91. The van der Waals surface area contributed by atoms with Gasteiger partial charge in [-0.25, -0.2) is 4.79 Å². The van der Waals surface area contributed by atoms with Crippen LogP contribution >= 0.6 is 11.8 Å². The van der Waals surface area contributed by atoms with Gasteiger partial charge in [0.05, 0.1) is 0 Å². The molecule has 0 saturated carbocycles. The van der Waals surface area contributed by atoms with Crippen LogP contribution in [0.15, 0.2) is 23.2 Å². The normalized spacial score (nSPS) is 19.6.